The van der Waals surface area contributed by atoms with Crippen LogP contribution in [0.3, 0.4) is 0 Å². The molecular weight excluding hydrogens is 340 g/mol. The second-order valence-corrected chi connectivity index (χ2v) is 7.13. The topological polar surface area (TPSA) is 67.4 Å². The number of carbonyl (C=O) groups excluding carboxylic acids is 2. The van der Waals surface area contributed by atoms with Crippen LogP contribution in [0.1, 0.15) is 31.4 Å². The van der Waals surface area contributed by atoms with Crippen molar-refractivity contribution in [3.63, 3.8) is 0 Å². The number of nitrogens with one attached hydrogen (secondary N) is 2. The van der Waals surface area contributed by atoms with Gasteiger partial charge < -0.3 is 15.4 Å². The quantitative estimate of drug-likeness (QED) is 0.551. The number of benzene rings is 2. The number of ether oxygens (including phenoxy) is 1. The fourth-order valence-electron chi connectivity index (χ4n) is 2.66. The Labute approximate surface area is 161 Å². The zero-order valence-electron chi connectivity index (χ0n) is 16.5. The number of hydrogen-bond acceptors (Lipinski definition) is 3. The van der Waals surface area contributed by atoms with Gasteiger partial charge in [0.05, 0.1) is 12.8 Å². The molecule has 2 aromatic rings. The Morgan fingerprint density at radius 1 is 1.04 bits per heavy atom. The predicted molar refractivity (Wildman–Crippen MR) is 108 cm³/mol. The maximum absolute atomic E-state index is 12.7. The van der Waals surface area contributed by atoms with E-state index in [4.69, 9.17) is 4.74 Å². The Balaban J connectivity index is 1.90. The predicted octanol–water partition coefficient (Wildman–Crippen LogP) is 3.72. The molecule has 0 radical (unpaired) electrons. The van der Waals surface area contributed by atoms with Gasteiger partial charge >= 0.3 is 0 Å². The van der Waals surface area contributed by atoms with Gasteiger partial charge in [0.2, 0.25) is 11.8 Å². The Morgan fingerprint density at radius 3 is 2.41 bits per heavy atom. The van der Waals surface area contributed by atoms with Gasteiger partial charge in [0.25, 0.3) is 0 Å². The Kier molecular flexibility index (Phi) is 6.99. The second-order valence-electron chi connectivity index (χ2n) is 7.13. The summed E-state index contributed by atoms with van der Waals surface area (Å²) in [5, 5.41) is 5.68. The van der Waals surface area contributed by atoms with Crippen molar-refractivity contribution in [2.75, 3.05) is 19.0 Å². The molecule has 5 nitrogen and oxygen atoms in total. The van der Waals surface area contributed by atoms with Crippen LogP contribution in [0.25, 0.3) is 0 Å². The molecule has 0 aromatic heterocycles. The molecule has 0 aliphatic rings. The third kappa shape index (κ3) is 5.58. The van der Waals surface area contributed by atoms with Gasteiger partial charge in [-0.2, -0.15) is 0 Å². The van der Waals surface area contributed by atoms with Crippen molar-refractivity contribution in [1.82, 2.24) is 5.32 Å². The average Bonchev–Trinajstić information content (AvgIpc) is 2.66. The fourth-order valence-corrected chi connectivity index (χ4v) is 2.66. The molecule has 0 saturated heterocycles. The molecular formula is C22H28N2O3. The van der Waals surface area contributed by atoms with E-state index < -0.39 is 5.41 Å². The molecule has 5 heteroatoms. The first-order valence-electron chi connectivity index (χ1n) is 9.13. The summed E-state index contributed by atoms with van der Waals surface area (Å²) in [7, 11) is 1.55. The molecule has 0 spiro atoms. The average molecular weight is 368 g/mol. The molecule has 2 aromatic carbocycles. The molecule has 144 valence electrons. The van der Waals surface area contributed by atoms with Gasteiger partial charge in [-0.15, -0.1) is 0 Å². The summed E-state index contributed by atoms with van der Waals surface area (Å²) in [4.78, 5) is 25.2. The lowest BCUT2D eigenvalue weighted by Crippen LogP contribution is -2.45. The highest BCUT2D eigenvalue weighted by Gasteiger charge is 2.36. The molecule has 2 N–H and O–H groups in total. The molecule has 0 heterocycles. The summed E-state index contributed by atoms with van der Waals surface area (Å²) in [5.74, 6) is -0.0975. The SMILES string of the molecule is COc1ccc(C)cc1NC(=O)C(C)(C)C(=O)NCCCc1ccccc1. The molecule has 0 aliphatic heterocycles. The smallest absolute Gasteiger partial charge is 0.239 e. The molecule has 27 heavy (non-hydrogen) atoms. The summed E-state index contributed by atoms with van der Waals surface area (Å²) in [6.45, 7) is 5.70. The standard InChI is InChI=1S/C22H28N2O3/c1-16-12-13-19(27-4)18(15-16)24-21(26)22(2,3)20(25)23-14-8-11-17-9-6-5-7-10-17/h5-7,9-10,12-13,15H,8,11,14H2,1-4H3,(H,23,25)(H,24,26). The van der Waals surface area contributed by atoms with Crippen LogP contribution in [0.2, 0.25) is 0 Å². The van der Waals surface area contributed by atoms with Crippen molar-refractivity contribution < 1.29 is 14.3 Å². The number of methoxy groups -OCH3 is 1. The van der Waals surface area contributed by atoms with Crippen LogP contribution in [0.15, 0.2) is 48.5 Å². The normalized spacial score (nSPS) is 11.0. The molecule has 0 atom stereocenters. The van der Waals surface area contributed by atoms with Crippen molar-refractivity contribution in [3.8, 4) is 5.75 Å². The van der Waals surface area contributed by atoms with Crippen LogP contribution in [0, 0.1) is 12.3 Å². The molecule has 0 aliphatic carbocycles. The molecule has 0 saturated carbocycles. The van der Waals surface area contributed by atoms with Crippen molar-refractivity contribution in [2.24, 2.45) is 5.41 Å². The van der Waals surface area contributed by atoms with Crippen LogP contribution < -0.4 is 15.4 Å². The van der Waals surface area contributed by atoms with Crippen LogP contribution in [-0.4, -0.2) is 25.5 Å². The van der Waals surface area contributed by atoms with Crippen LogP contribution >= 0.6 is 0 Å². The van der Waals surface area contributed by atoms with Gasteiger partial charge in [-0.05, 0) is 56.9 Å². The van der Waals surface area contributed by atoms with Gasteiger partial charge in [0.1, 0.15) is 11.2 Å². The molecule has 2 amide bonds. The maximum Gasteiger partial charge on any atom is 0.239 e. The fraction of sp³-hybridized carbons (Fsp3) is 0.364. The Morgan fingerprint density at radius 2 is 1.74 bits per heavy atom. The number of carbonyl (C=O) groups is 2. The lowest BCUT2D eigenvalue weighted by molar-refractivity contribution is -0.138. The van der Waals surface area contributed by atoms with E-state index in [1.807, 2.05) is 37.3 Å². The van der Waals surface area contributed by atoms with Crippen molar-refractivity contribution >= 4 is 17.5 Å². The van der Waals surface area contributed by atoms with E-state index in [9.17, 15) is 9.59 Å². The van der Waals surface area contributed by atoms with Crippen LogP contribution in [0.4, 0.5) is 5.69 Å². The minimum absolute atomic E-state index is 0.292. The highest BCUT2D eigenvalue weighted by molar-refractivity contribution is 6.10. The maximum atomic E-state index is 12.7. The van der Waals surface area contributed by atoms with Gasteiger partial charge in [0.15, 0.2) is 0 Å². The van der Waals surface area contributed by atoms with Crippen molar-refractivity contribution in [1.29, 1.82) is 0 Å². The first-order chi connectivity index (χ1) is 12.8. The van der Waals surface area contributed by atoms with E-state index in [1.165, 1.54) is 5.56 Å². The lowest BCUT2D eigenvalue weighted by atomic mass is 9.90. The summed E-state index contributed by atoms with van der Waals surface area (Å²) in [5.41, 5.74) is 1.60. The second kappa shape index (κ2) is 9.21. The van der Waals surface area contributed by atoms with E-state index in [1.54, 1.807) is 27.0 Å². The van der Waals surface area contributed by atoms with E-state index in [0.29, 0.717) is 18.0 Å². The molecule has 0 bridgehead atoms. The third-order valence-corrected chi connectivity index (χ3v) is 4.51. The van der Waals surface area contributed by atoms with E-state index in [0.717, 1.165) is 18.4 Å². The zero-order chi connectivity index (χ0) is 19.9. The first kappa shape index (κ1) is 20.5. The van der Waals surface area contributed by atoms with E-state index in [2.05, 4.69) is 22.8 Å². The largest absolute Gasteiger partial charge is 0.495 e. The molecule has 0 unspecified atom stereocenters. The number of rotatable bonds is 8. The molecule has 0 fully saturated rings. The van der Waals surface area contributed by atoms with Gasteiger partial charge in [-0.1, -0.05) is 36.4 Å². The number of aryl methyl sites for hydroxylation is 2. The van der Waals surface area contributed by atoms with E-state index in [-0.39, 0.29) is 11.8 Å². The summed E-state index contributed by atoms with van der Waals surface area (Å²) >= 11 is 0. The number of hydrogen-bond donors (Lipinski definition) is 2. The third-order valence-electron chi connectivity index (χ3n) is 4.51. The summed E-state index contributed by atoms with van der Waals surface area (Å²) < 4.78 is 5.28. The minimum Gasteiger partial charge on any atom is -0.495 e. The summed E-state index contributed by atoms with van der Waals surface area (Å²) in [6, 6.07) is 15.6. The van der Waals surface area contributed by atoms with Gasteiger partial charge in [0, 0.05) is 6.54 Å². The van der Waals surface area contributed by atoms with Gasteiger partial charge in [-0.25, -0.2) is 0 Å². The Hall–Kier alpha value is -2.82. The zero-order valence-corrected chi connectivity index (χ0v) is 16.5. The van der Waals surface area contributed by atoms with Crippen molar-refractivity contribution in [3.05, 3.63) is 59.7 Å². The highest BCUT2D eigenvalue weighted by Crippen LogP contribution is 2.27. The molecule has 2 rings (SSSR count). The van der Waals surface area contributed by atoms with Gasteiger partial charge in [-0.3, -0.25) is 9.59 Å². The lowest BCUT2D eigenvalue weighted by Gasteiger charge is -2.23. The monoisotopic (exact) mass is 368 g/mol. The number of anilines is 1. The van der Waals surface area contributed by atoms with Crippen LogP contribution in [0.5, 0.6) is 5.75 Å². The highest BCUT2D eigenvalue weighted by atomic mass is 16.5. The Bertz CT molecular complexity index is 785. The minimum atomic E-state index is -1.19. The van der Waals surface area contributed by atoms with Crippen molar-refractivity contribution in [2.45, 2.75) is 33.6 Å². The number of amides is 2. The first-order valence-corrected chi connectivity index (χ1v) is 9.13. The summed E-state index contributed by atoms with van der Waals surface area (Å²) in [6.07, 6.45) is 1.70. The van der Waals surface area contributed by atoms with Crippen LogP contribution in [-0.2, 0) is 16.0 Å². The van der Waals surface area contributed by atoms with E-state index >= 15 is 0 Å².